The first-order chi connectivity index (χ1) is 14.6. The molecule has 1 unspecified atom stereocenters. The van der Waals surface area contributed by atoms with Crippen molar-refractivity contribution in [2.24, 2.45) is 0 Å². The van der Waals surface area contributed by atoms with E-state index in [1.54, 1.807) is 0 Å². The molecule has 1 aliphatic heterocycles. The third kappa shape index (κ3) is 3.46. The molecule has 0 fully saturated rings. The Balaban J connectivity index is 1.90. The lowest BCUT2D eigenvalue weighted by atomic mass is 10.0. The van der Waals surface area contributed by atoms with Gasteiger partial charge in [0.2, 0.25) is 9.84 Å². The zero-order valence-corrected chi connectivity index (χ0v) is 16.8. The van der Waals surface area contributed by atoms with Crippen LogP contribution in [0.5, 0.6) is 0 Å². The van der Waals surface area contributed by atoms with Crippen LogP contribution in [0.25, 0.3) is 0 Å². The van der Waals surface area contributed by atoms with Crippen LogP contribution in [0.3, 0.4) is 0 Å². The van der Waals surface area contributed by atoms with Crippen molar-refractivity contribution in [1.82, 2.24) is 5.43 Å². The van der Waals surface area contributed by atoms with Crippen LogP contribution in [0.2, 0.25) is 5.02 Å². The van der Waals surface area contributed by atoms with Gasteiger partial charge in [-0.2, -0.15) is 0 Å². The minimum atomic E-state index is -4.77. The Morgan fingerprint density at radius 1 is 0.903 bits per heavy atom. The summed E-state index contributed by atoms with van der Waals surface area (Å²) in [6.45, 7) is 0. The van der Waals surface area contributed by atoms with Crippen molar-refractivity contribution in [1.29, 1.82) is 0 Å². The number of amides is 1. The maximum Gasteiger partial charge on any atom is 0.273 e. The molecule has 0 saturated heterocycles. The number of hydrazine groups is 1. The van der Waals surface area contributed by atoms with Crippen LogP contribution in [0.15, 0.2) is 59.5 Å². The largest absolute Gasteiger partial charge is 0.273 e. The first-order valence-corrected chi connectivity index (χ1v) is 10.6. The van der Waals surface area contributed by atoms with Crippen molar-refractivity contribution in [3.05, 3.63) is 94.0 Å². The number of nitrogens with one attached hydrogen (secondary N) is 1. The highest BCUT2D eigenvalue weighted by Gasteiger charge is 2.42. The monoisotopic (exact) mass is 470 g/mol. The quantitative estimate of drug-likeness (QED) is 0.347. The summed E-state index contributed by atoms with van der Waals surface area (Å²) < 4.78 is 82.2. The molecule has 0 aliphatic carbocycles. The third-order valence-corrected chi connectivity index (χ3v) is 6.83. The number of halogens is 5. The standard InChI is InChI=1S/C20H11ClF4N2O3S/c21-10-5-7-15(14(23)9-10)27-20(28)12-4-2-1-3-11(12)19(26-27)31(29,30)16-8-6-13(22)17(24)18(16)25/h1-9,19,26H. The molecule has 160 valence electrons. The smallest absolute Gasteiger partial charge is 0.267 e. The SMILES string of the molecule is O=C1c2ccccc2C(S(=O)(=O)c2ccc(F)c(F)c2F)NN1c1ccc(Cl)cc1F. The molecule has 0 aromatic heterocycles. The van der Waals surface area contributed by atoms with Crippen LogP contribution in [-0.4, -0.2) is 14.3 Å². The molecule has 4 rings (SSSR count). The van der Waals surface area contributed by atoms with Gasteiger partial charge in [-0.25, -0.2) is 36.4 Å². The van der Waals surface area contributed by atoms with Gasteiger partial charge in [-0.3, -0.25) is 4.79 Å². The summed E-state index contributed by atoms with van der Waals surface area (Å²) in [6.07, 6.45) is 0. The van der Waals surface area contributed by atoms with Gasteiger partial charge >= 0.3 is 0 Å². The summed E-state index contributed by atoms with van der Waals surface area (Å²) >= 11 is 5.73. The van der Waals surface area contributed by atoms with Crippen LogP contribution < -0.4 is 10.4 Å². The third-order valence-electron chi connectivity index (χ3n) is 4.69. The molecule has 11 heteroatoms. The van der Waals surface area contributed by atoms with Gasteiger partial charge in [0, 0.05) is 10.6 Å². The van der Waals surface area contributed by atoms with E-state index >= 15 is 0 Å². The van der Waals surface area contributed by atoms with E-state index in [1.807, 2.05) is 0 Å². The van der Waals surface area contributed by atoms with Crippen LogP contribution in [0.4, 0.5) is 23.2 Å². The Morgan fingerprint density at radius 3 is 2.32 bits per heavy atom. The lowest BCUT2D eigenvalue weighted by molar-refractivity contribution is 0.0961. The minimum absolute atomic E-state index is 0.0409. The zero-order valence-electron chi connectivity index (χ0n) is 15.2. The number of hydrogen-bond acceptors (Lipinski definition) is 4. The Bertz CT molecular complexity index is 1330. The number of rotatable bonds is 3. The highest BCUT2D eigenvalue weighted by molar-refractivity contribution is 7.91. The molecule has 5 nitrogen and oxygen atoms in total. The number of hydrogen-bond donors (Lipinski definition) is 1. The van der Waals surface area contributed by atoms with E-state index in [1.165, 1.54) is 30.3 Å². The van der Waals surface area contributed by atoms with Crippen LogP contribution in [-0.2, 0) is 9.84 Å². The van der Waals surface area contributed by atoms with Crippen molar-refractivity contribution < 1.29 is 30.8 Å². The Morgan fingerprint density at radius 2 is 1.61 bits per heavy atom. The van der Waals surface area contributed by atoms with Crippen LogP contribution in [0, 0.1) is 23.3 Å². The molecule has 0 saturated carbocycles. The summed E-state index contributed by atoms with van der Waals surface area (Å²) in [5, 5.41) is -1.12. The number of sulfone groups is 1. The summed E-state index contributed by atoms with van der Waals surface area (Å²) in [7, 11) is -4.77. The molecule has 0 spiro atoms. The molecule has 3 aromatic carbocycles. The number of benzene rings is 3. The first kappa shape index (κ1) is 21.3. The van der Waals surface area contributed by atoms with E-state index in [-0.39, 0.29) is 21.8 Å². The number of fused-ring (bicyclic) bond motifs is 1. The second kappa shape index (κ2) is 7.63. The fourth-order valence-electron chi connectivity index (χ4n) is 3.22. The summed E-state index contributed by atoms with van der Waals surface area (Å²) in [4.78, 5) is 11.8. The maximum absolute atomic E-state index is 14.5. The summed E-state index contributed by atoms with van der Waals surface area (Å²) in [5.74, 6) is -7.13. The number of carbonyl (C=O) groups excluding carboxylic acids is 1. The lowest BCUT2D eigenvalue weighted by Crippen LogP contribution is -2.52. The van der Waals surface area contributed by atoms with Gasteiger partial charge in [0.05, 0.1) is 5.69 Å². The molecular formula is C20H11ClF4N2O3S. The van der Waals surface area contributed by atoms with Gasteiger partial charge in [0.1, 0.15) is 10.7 Å². The molecule has 1 N–H and O–H groups in total. The van der Waals surface area contributed by atoms with Gasteiger partial charge in [0.25, 0.3) is 5.91 Å². The highest BCUT2D eigenvalue weighted by atomic mass is 35.5. The van der Waals surface area contributed by atoms with Crippen molar-refractivity contribution in [3.8, 4) is 0 Å². The van der Waals surface area contributed by atoms with Crippen molar-refractivity contribution >= 4 is 33.0 Å². The van der Waals surface area contributed by atoms with Crippen LogP contribution >= 0.6 is 11.6 Å². The topological polar surface area (TPSA) is 66.5 Å². The molecule has 1 atom stereocenters. The summed E-state index contributed by atoms with van der Waals surface area (Å²) in [6, 6.07) is 9.92. The van der Waals surface area contributed by atoms with Gasteiger partial charge in [-0.05, 0) is 42.0 Å². The van der Waals surface area contributed by atoms with Gasteiger partial charge in [-0.1, -0.05) is 29.8 Å². The first-order valence-electron chi connectivity index (χ1n) is 8.65. The molecule has 31 heavy (non-hydrogen) atoms. The predicted octanol–water partition coefficient (Wildman–Crippen LogP) is 4.53. The predicted molar refractivity (Wildman–Crippen MR) is 104 cm³/mol. The average molecular weight is 471 g/mol. The Labute approximate surface area is 178 Å². The molecule has 0 bridgehead atoms. The van der Waals surface area contributed by atoms with Crippen molar-refractivity contribution in [2.45, 2.75) is 10.3 Å². The number of carbonyl (C=O) groups is 1. The van der Waals surface area contributed by atoms with E-state index in [4.69, 9.17) is 11.6 Å². The lowest BCUT2D eigenvalue weighted by Gasteiger charge is -2.35. The van der Waals surface area contributed by atoms with Crippen molar-refractivity contribution in [3.63, 3.8) is 0 Å². The van der Waals surface area contributed by atoms with Gasteiger partial charge < -0.3 is 0 Å². The zero-order chi connectivity index (χ0) is 22.5. The number of nitrogens with zero attached hydrogens (tertiary/aromatic N) is 1. The number of anilines is 1. The van der Waals surface area contributed by atoms with E-state index in [0.29, 0.717) is 17.1 Å². The minimum Gasteiger partial charge on any atom is -0.267 e. The molecule has 0 radical (unpaired) electrons. The highest BCUT2D eigenvalue weighted by Crippen LogP contribution is 2.37. The van der Waals surface area contributed by atoms with E-state index in [9.17, 15) is 30.8 Å². The second-order valence-corrected chi connectivity index (χ2v) is 8.99. The van der Waals surface area contributed by atoms with Gasteiger partial charge in [-0.15, -0.1) is 0 Å². The molecule has 1 aliphatic rings. The Hall–Kier alpha value is -2.95. The van der Waals surface area contributed by atoms with Gasteiger partial charge in [0.15, 0.2) is 22.8 Å². The second-order valence-electron chi connectivity index (χ2n) is 6.55. The normalized spacial score (nSPS) is 16.4. The maximum atomic E-state index is 14.5. The van der Waals surface area contributed by atoms with Crippen molar-refractivity contribution in [2.75, 3.05) is 5.01 Å². The van der Waals surface area contributed by atoms with E-state index < -0.39 is 49.3 Å². The molecule has 1 heterocycles. The fraction of sp³-hybridized carbons (Fsp3) is 0.0500. The molecular weight excluding hydrogens is 460 g/mol. The molecule has 3 aromatic rings. The summed E-state index contributed by atoms with van der Waals surface area (Å²) in [5.41, 5.74) is 1.86. The van der Waals surface area contributed by atoms with E-state index in [2.05, 4.69) is 5.43 Å². The fourth-order valence-corrected chi connectivity index (χ4v) is 5.01. The average Bonchev–Trinajstić information content (AvgIpc) is 2.73. The van der Waals surface area contributed by atoms with E-state index in [0.717, 1.165) is 12.1 Å². The molecule has 1 amide bonds. The Kier molecular flexibility index (Phi) is 5.24. The van der Waals surface area contributed by atoms with Crippen LogP contribution in [0.1, 0.15) is 21.3 Å².